The van der Waals surface area contributed by atoms with E-state index in [0.717, 1.165) is 24.7 Å². The zero-order chi connectivity index (χ0) is 9.90. The first-order chi connectivity index (χ1) is 6.03. The molecule has 0 N–H and O–H groups in total. The maximum absolute atomic E-state index is 10.6. The van der Waals surface area contributed by atoms with Crippen molar-refractivity contribution in [3.05, 3.63) is 21.9 Å². The highest BCUT2D eigenvalue weighted by atomic mass is 32.1. The smallest absolute Gasteiger partial charge is 0.151 e. The first-order valence-electron chi connectivity index (χ1n) is 4.54. The maximum atomic E-state index is 10.6. The highest BCUT2D eigenvalue weighted by Crippen LogP contribution is 2.24. The summed E-state index contributed by atoms with van der Waals surface area (Å²) in [5.41, 5.74) is 1.22. The molecule has 0 aliphatic carbocycles. The minimum absolute atomic E-state index is 0.351. The van der Waals surface area contributed by atoms with E-state index in [1.807, 2.05) is 11.4 Å². The lowest BCUT2D eigenvalue weighted by Gasteiger charge is -2.17. The zero-order valence-corrected chi connectivity index (χ0v) is 9.28. The molecule has 2 heteroatoms. The molecule has 0 unspecified atom stereocenters. The minimum atomic E-state index is 0.351. The number of thiophene rings is 1. The van der Waals surface area contributed by atoms with Gasteiger partial charge in [-0.25, -0.2) is 0 Å². The Hall–Kier alpha value is -0.630. The first-order valence-corrected chi connectivity index (χ1v) is 5.42. The van der Waals surface area contributed by atoms with Crippen LogP contribution in [0.2, 0.25) is 0 Å². The van der Waals surface area contributed by atoms with Crippen LogP contribution < -0.4 is 0 Å². The Morgan fingerprint density at radius 1 is 1.46 bits per heavy atom. The first kappa shape index (κ1) is 10.5. The van der Waals surface area contributed by atoms with Gasteiger partial charge in [-0.1, -0.05) is 20.8 Å². The van der Waals surface area contributed by atoms with Crippen LogP contribution in [0.3, 0.4) is 0 Å². The minimum Gasteiger partial charge on any atom is -0.298 e. The summed E-state index contributed by atoms with van der Waals surface area (Å²) in [6.45, 7) is 6.67. The molecule has 0 aliphatic rings. The van der Waals surface area contributed by atoms with Crippen molar-refractivity contribution < 1.29 is 4.79 Å². The third-order valence-electron chi connectivity index (χ3n) is 2.01. The van der Waals surface area contributed by atoms with Crippen molar-refractivity contribution in [2.24, 2.45) is 5.41 Å². The lowest BCUT2D eigenvalue weighted by atomic mass is 9.90. The number of aryl methyl sites for hydroxylation is 1. The van der Waals surface area contributed by atoms with Crippen molar-refractivity contribution in [1.29, 1.82) is 0 Å². The molecule has 1 rings (SSSR count). The largest absolute Gasteiger partial charge is 0.298 e. The van der Waals surface area contributed by atoms with Gasteiger partial charge >= 0.3 is 0 Å². The van der Waals surface area contributed by atoms with E-state index >= 15 is 0 Å². The van der Waals surface area contributed by atoms with E-state index in [1.54, 1.807) is 11.3 Å². The summed E-state index contributed by atoms with van der Waals surface area (Å²) in [7, 11) is 0. The second-order valence-electron chi connectivity index (χ2n) is 4.48. The Bertz CT molecular complexity index is 281. The van der Waals surface area contributed by atoms with Crippen molar-refractivity contribution in [3.63, 3.8) is 0 Å². The van der Waals surface area contributed by atoms with E-state index in [-0.39, 0.29) is 0 Å². The molecule has 0 aromatic carbocycles. The van der Waals surface area contributed by atoms with Gasteiger partial charge in [-0.2, -0.15) is 0 Å². The normalized spacial score (nSPS) is 11.6. The summed E-state index contributed by atoms with van der Waals surface area (Å²) in [5, 5.41) is 1.99. The molecular formula is C11H16OS. The predicted octanol–water partition coefficient (Wildman–Crippen LogP) is 3.54. The Balaban J connectivity index is 2.59. The van der Waals surface area contributed by atoms with Gasteiger partial charge in [0.15, 0.2) is 6.29 Å². The molecule has 0 saturated heterocycles. The van der Waals surface area contributed by atoms with Crippen LogP contribution in [0.25, 0.3) is 0 Å². The molecule has 0 radical (unpaired) electrons. The summed E-state index contributed by atoms with van der Waals surface area (Å²) < 4.78 is 0. The molecule has 0 aliphatic heterocycles. The lowest BCUT2D eigenvalue weighted by Crippen LogP contribution is -2.06. The fraction of sp³-hybridized carbons (Fsp3) is 0.545. The molecular weight excluding hydrogens is 180 g/mol. The fourth-order valence-corrected chi connectivity index (χ4v) is 2.00. The highest BCUT2D eigenvalue weighted by molar-refractivity contribution is 7.10. The van der Waals surface area contributed by atoms with E-state index in [4.69, 9.17) is 0 Å². The van der Waals surface area contributed by atoms with E-state index < -0.39 is 0 Å². The van der Waals surface area contributed by atoms with Crippen molar-refractivity contribution in [2.75, 3.05) is 0 Å². The van der Waals surface area contributed by atoms with Crippen molar-refractivity contribution in [2.45, 2.75) is 33.6 Å². The van der Waals surface area contributed by atoms with Gasteiger partial charge in [0.1, 0.15) is 0 Å². The maximum Gasteiger partial charge on any atom is 0.151 e. The molecule has 0 atom stereocenters. The standard InChI is InChI=1S/C11H16OS/c1-11(2,3)6-4-10-9(8-12)5-7-13-10/h5,7-8H,4,6H2,1-3H3. The molecule has 1 aromatic heterocycles. The second kappa shape index (κ2) is 4.05. The van der Waals surface area contributed by atoms with Gasteiger partial charge in [0.2, 0.25) is 0 Å². The van der Waals surface area contributed by atoms with Crippen LogP contribution in [0.15, 0.2) is 11.4 Å². The highest BCUT2D eigenvalue weighted by Gasteiger charge is 2.12. The van der Waals surface area contributed by atoms with Crippen LogP contribution in [0.4, 0.5) is 0 Å². The molecule has 0 bridgehead atoms. The van der Waals surface area contributed by atoms with Crippen molar-refractivity contribution >= 4 is 17.6 Å². The van der Waals surface area contributed by atoms with Gasteiger partial charge in [-0.05, 0) is 29.7 Å². The number of rotatable bonds is 3. The number of carbonyl (C=O) groups excluding carboxylic acids is 1. The summed E-state index contributed by atoms with van der Waals surface area (Å²) in [5.74, 6) is 0. The Morgan fingerprint density at radius 3 is 2.69 bits per heavy atom. The summed E-state index contributed by atoms with van der Waals surface area (Å²) >= 11 is 1.68. The van der Waals surface area contributed by atoms with Crippen LogP contribution in [0.1, 0.15) is 42.4 Å². The molecule has 1 heterocycles. The fourth-order valence-electron chi connectivity index (χ4n) is 1.15. The summed E-state index contributed by atoms with van der Waals surface area (Å²) in [4.78, 5) is 11.8. The van der Waals surface area contributed by atoms with Gasteiger partial charge in [0, 0.05) is 10.4 Å². The number of hydrogen-bond donors (Lipinski definition) is 0. The van der Waals surface area contributed by atoms with Crippen molar-refractivity contribution in [3.8, 4) is 0 Å². The summed E-state index contributed by atoms with van der Waals surface area (Å²) in [6.07, 6.45) is 3.11. The number of hydrogen-bond acceptors (Lipinski definition) is 2. The van der Waals surface area contributed by atoms with Gasteiger partial charge in [-0.3, -0.25) is 4.79 Å². The Morgan fingerprint density at radius 2 is 2.15 bits per heavy atom. The second-order valence-corrected chi connectivity index (χ2v) is 5.48. The van der Waals surface area contributed by atoms with Gasteiger partial charge in [0.05, 0.1) is 0 Å². The van der Waals surface area contributed by atoms with Crippen molar-refractivity contribution in [1.82, 2.24) is 0 Å². The molecule has 1 nitrogen and oxygen atoms in total. The Kier molecular flexibility index (Phi) is 3.26. The third kappa shape index (κ3) is 3.31. The average molecular weight is 196 g/mol. The molecule has 0 spiro atoms. The zero-order valence-electron chi connectivity index (χ0n) is 8.46. The van der Waals surface area contributed by atoms with Crippen LogP contribution in [0.5, 0.6) is 0 Å². The van der Waals surface area contributed by atoms with E-state index in [2.05, 4.69) is 20.8 Å². The van der Waals surface area contributed by atoms with E-state index in [0.29, 0.717) is 5.41 Å². The topological polar surface area (TPSA) is 17.1 Å². The monoisotopic (exact) mass is 196 g/mol. The van der Waals surface area contributed by atoms with Gasteiger partial charge in [-0.15, -0.1) is 11.3 Å². The van der Waals surface area contributed by atoms with Crippen LogP contribution in [-0.2, 0) is 6.42 Å². The molecule has 13 heavy (non-hydrogen) atoms. The molecule has 1 aromatic rings. The third-order valence-corrected chi connectivity index (χ3v) is 3.01. The molecule has 0 amide bonds. The van der Waals surface area contributed by atoms with E-state index in [9.17, 15) is 4.79 Å². The van der Waals surface area contributed by atoms with Gasteiger partial charge < -0.3 is 0 Å². The SMILES string of the molecule is CC(C)(C)CCc1sccc1C=O. The Labute approximate surface area is 83.8 Å². The van der Waals surface area contributed by atoms with Crippen LogP contribution >= 0.6 is 11.3 Å². The number of aldehydes is 1. The molecule has 0 saturated carbocycles. The predicted molar refractivity (Wildman–Crippen MR) is 57.5 cm³/mol. The van der Waals surface area contributed by atoms with E-state index in [1.165, 1.54) is 4.88 Å². The van der Waals surface area contributed by atoms with Crippen LogP contribution in [0, 0.1) is 5.41 Å². The van der Waals surface area contributed by atoms with Gasteiger partial charge in [0.25, 0.3) is 0 Å². The lowest BCUT2D eigenvalue weighted by molar-refractivity contribution is 0.112. The summed E-state index contributed by atoms with van der Waals surface area (Å²) in [6, 6.07) is 1.90. The number of carbonyl (C=O) groups is 1. The molecule has 0 fully saturated rings. The average Bonchev–Trinajstić information content (AvgIpc) is 2.46. The van der Waals surface area contributed by atoms with Crippen LogP contribution in [-0.4, -0.2) is 6.29 Å². The quantitative estimate of drug-likeness (QED) is 0.676. The molecule has 72 valence electrons.